The number of esters is 1. The number of ketones is 1. The number of sulfonamides is 1. The Bertz CT molecular complexity index is 1080. The van der Waals surface area contributed by atoms with E-state index in [1.165, 1.54) is 48.9 Å². The molecule has 1 unspecified atom stereocenters. The zero-order valence-electron chi connectivity index (χ0n) is 18.4. The van der Waals surface area contributed by atoms with Crippen molar-refractivity contribution in [3.63, 3.8) is 0 Å². The Labute approximate surface area is 188 Å². The number of benzene rings is 2. The molecule has 0 aliphatic carbocycles. The van der Waals surface area contributed by atoms with Crippen LogP contribution in [0.25, 0.3) is 0 Å². The fraction of sp³-hybridized carbons (Fsp3) is 0.391. The van der Waals surface area contributed by atoms with E-state index < -0.39 is 28.4 Å². The van der Waals surface area contributed by atoms with E-state index in [1.54, 1.807) is 12.1 Å². The lowest BCUT2D eigenvalue weighted by Crippen LogP contribution is -2.41. The van der Waals surface area contributed by atoms with E-state index >= 15 is 0 Å². The van der Waals surface area contributed by atoms with Crippen molar-refractivity contribution < 1.29 is 32.2 Å². The molecule has 1 fully saturated rings. The highest BCUT2D eigenvalue weighted by Crippen LogP contribution is 2.28. The van der Waals surface area contributed by atoms with Gasteiger partial charge in [-0.25, -0.2) is 13.2 Å². The van der Waals surface area contributed by atoms with Crippen molar-refractivity contribution >= 4 is 21.8 Å². The third-order valence-electron chi connectivity index (χ3n) is 5.48. The summed E-state index contributed by atoms with van der Waals surface area (Å²) in [6.07, 6.45) is 2.68. The number of methoxy groups -OCH3 is 2. The van der Waals surface area contributed by atoms with Gasteiger partial charge in [-0.1, -0.05) is 6.42 Å². The third kappa shape index (κ3) is 5.11. The van der Waals surface area contributed by atoms with Gasteiger partial charge in [-0.05, 0) is 62.2 Å². The first-order valence-corrected chi connectivity index (χ1v) is 11.8. The minimum atomic E-state index is -3.62. The van der Waals surface area contributed by atoms with E-state index in [1.807, 2.05) is 6.92 Å². The second-order valence-corrected chi connectivity index (χ2v) is 9.44. The fourth-order valence-electron chi connectivity index (χ4n) is 3.63. The summed E-state index contributed by atoms with van der Waals surface area (Å²) in [4.78, 5) is 24.8. The average molecular weight is 462 g/mol. The molecule has 0 amide bonds. The first-order valence-electron chi connectivity index (χ1n) is 10.3. The van der Waals surface area contributed by atoms with Crippen LogP contribution in [0.2, 0.25) is 0 Å². The van der Waals surface area contributed by atoms with E-state index in [0.717, 1.165) is 19.3 Å². The molecule has 1 aliphatic heterocycles. The summed E-state index contributed by atoms with van der Waals surface area (Å²) in [5.74, 6) is -0.244. The smallest absolute Gasteiger partial charge is 0.338 e. The second kappa shape index (κ2) is 10.1. The highest BCUT2D eigenvalue weighted by atomic mass is 32.2. The summed E-state index contributed by atoms with van der Waals surface area (Å²) in [6.45, 7) is 1.93. The van der Waals surface area contributed by atoms with Crippen LogP contribution in [0.5, 0.6) is 11.5 Å². The molecule has 8 nitrogen and oxygen atoms in total. The number of nitrogens with zero attached hydrogens (tertiary/aromatic N) is 1. The van der Waals surface area contributed by atoms with Crippen LogP contribution < -0.4 is 9.47 Å². The van der Waals surface area contributed by atoms with Gasteiger partial charge in [-0.2, -0.15) is 4.31 Å². The number of ether oxygens (including phenoxy) is 3. The Balaban J connectivity index is 1.64. The predicted octanol–water partition coefficient (Wildman–Crippen LogP) is 3.31. The normalized spacial score (nSPS) is 16.9. The Morgan fingerprint density at radius 1 is 0.969 bits per heavy atom. The molecule has 0 aromatic heterocycles. The topological polar surface area (TPSA) is 99.2 Å². The minimum absolute atomic E-state index is 0.0546. The van der Waals surface area contributed by atoms with Gasteiger partial charge in [-0.15, -0.1) is 0 Å². The quantitative estimate of drug-likeness (QED) is 0.439. The largest absolute Gasteiger partial charge is 0.493 e. The SMILES string of the molecule is COc1ccc(C(=O)COC(=O)c2ccc(S(=O)(=O)N3CCCCC3C)cc2)cc1OC. The van der Waals surface area contributed by atoms with Gasteiger partial charge in [0.25, 0.3) is 0 Å². The highest BCUT2D eigenvalue weighted by Gasteiger charge is 2.31. The van der Waals surface area contributed by atoms with Crippen LogP contribution in [-0.2, 0) is 14.8 Å². The van der Waals surface area contributed by atoms with Crippen molar-refractivity contribution in [1.29, 1.82) is 0 Å². The summed E-state index contributed by atoms with van der Waals surface area (Å²) in [5, 5.41) is 0. The maximum absolute atomic E-state index is 12.9. The van der Waals surface area contributed by atoms with Crippen LogP contribution in [0.3, 0.4) is 0 Å². The Morgan fingerprint density at radius 2 is 1.62 bits per heavy atom. The molecule has 2 aromatic carbocycles. The van der Waals surface area contributed by atoms with Gasteiger partial charge in [0.1, 0.15) is 0 Å². The number of carbonyl (C=O) groups excluding carboxylic acids is 2. The number of hydrogen-bond acceptors (Lipinski definition) is 7. The average Bonchev–Trinajstić information content (AvgIpc) is 2.82. The van der Waals surface area contributed by atoms with E-state index in [-0.39, 0.29) is 16.5 Å². The van der Waals surface area contributed by atoms with Crippen molar-refractivity contribution in [3.8, 4) is 11.5 Å². The van der Waals surface area contributed by atoms with Gasteiger partial charge < -0.3 is 14.2 Å². The molecular formula is C23H27NO7S. The summed E-state index contributed by atoms with van der Waals surface area (Å²) >= 11 is 0. The van der Waals surface area contributed by atoms with Crippen molar-refractivity contribution in [3.05, 3.63) is 53.6 Å². The number of piperidine rings is 1. The van der Waals surface area contributed by atoms with E-state index in [2.05, 4.69) is 0 Å². The van der Waals surface area contributed by atoms with Crippen LogP contribution in [0, 0.1) is 0 Å². The van der Waals surface area contributed by atoms with Crippen LogP contribution in [0.4, 0.5) is 0 Å². The van der Waals surface area contributed by atoms with Gasteiger partial charge >= 0.3 is 5.97 Å². The molecular weight excluding hydrogens is 434 g/mol. The maximum atomic E-state index is 12.9. The predicted molar refractivity (Wildman–Crippen MR) is 118 cm³/mol. The molecule has 1 aliphatic rings. The van der Waals surface area contributed by atoms with Crippen molar-refractivity contribution in [2.75, 3.05) is 27.4 Å². The number of rotatable bonds is 8. The van der Waals surface area contributed by atoms with Gasteiger partial charge in [0.2, 0.25) is 10.0 Å². The van der Waals surface area contributed by atoms with Crippen molar-refractivity contribution in [2.24, 2.45) is 0 Å². The van der Waals surface area contributed by atoms with E-state index in [4.69, 9.17) is 14.2 Å². The lowest BCUT2D eigenvalue weighted by molar-refractivity contribution is 0.0474. The molecule has 0 radical (unpaired) electrons. The van der Waals surface area contributed by atoms with Crippen LogP contribution in [0.15, 0.2) is 47.4 Å². The molecule has 2 aromatic rings. The molecule has 0 bridgehead atoms. The lowest BCUT2D eigenvalue weighted by atomic mass is 10.1. The molecule has 3 rings (SSSR count). The second-order valence-electron chi connectivity index (χ2n) is 7.55. The van der Waals surface area contributed by atoms with Gasteiger partial charge in [-0.3, -0.25) is 4.79 Å². The van der Waals surface area contributed by atoms with E-state index in [0.29, 0.717) is 23.6 Å². The molecule has 172 valence electrons. The summed E-state index contributed by atoms with van der Waals surface area (Å²) in [7, 11) is -0.672. The van der Waals surface area contributed by atoms with Crippen molar-refractivity contribution in [2.45, 2.75) is 37.1 Å². The van der Waals surface area contributed by atoms with Gasteiger partial charge in [0, 0.05) is 18.2 Å². The molecule has 9 heteroatoms. The number of Topliss-reactive ketones (excluding diaryl/α,β-unsaturated/α-hetero) is 1. The van der Waals surface area contributed by atoms with E-state index in [9.17, 15) is 18.0 Å². The summed E-state index contributed by atoms with van der Waals surface area (Å²) in [5.41, 5.74) is 0.475. The van der Waals surface area contributed by atoms with Crippen LogP contribution in [-0.4, -0.2) is 57.9 Å². The highest BCUT2D eigenvalue weighted by molar-refractivity contribution is 7.89. The monoisotopic (exact) mass is 461 g/mol. The van der Waals surface area contributed by atoms with Crippen LogP contribution >= 0.6 is 0 Å². The molecule has 0 saturated carbocycles. The summed E-state index contributed by atoms with van der Waals surface area (Å²) < 4.78 is 42.7. The standard InChI is InChI=1S/C23H27NO7S/c1-16-6-4-5-13-24(16)32(27,28)19-10-7-17(8-11-19)23(26)31-15-20(25)18-9-12-21(29-2)22(14-18)30-3/h7-12,14,16H,4-6,13,15H2,1-3H3. The Hall–Kier alpha value is -2.91. The zero-order valence-corrected chi connectivity index (χ0v) is 19.2. The maximum Gasteiger partial charge on any atom is 0.338 e. The molecule has 1 atom stereocenters. The van der Waals surface area contributed by atoms with Gasteiger partial charge in [0.05, 0.1) is 24.7 Å². The molecule has 1 saturated heterocycles. The molecule has 0 N–H and O–H groups in total. The Kier molecular flexibility index (Phi) is 7.52. The molecule has 1 heterocycles. The first-order chi connectivity index (χ1) is 15.3. The number of hydrogen-bond donors (Lipinski definition) is 0. The minimum Gasteiger partial charge on any atom is -0.493 e. The van der Waals surface area contributed by atoms with Gasteiger partial charge in [0.15, 0.2) is 23.9 Å². The lowest BCUT2D eigenvalue weighted by Gasteiger charge is -2.32. The molecule has 0 spiro atoms. The Morgan fingerprint density at radius 3 is 2.25 bits per heavy atom. The number of carbonyl (C=O) groups is 2. The van der Waals surface area contributed by atoms with Crippen LogP contribution in [0.1, 0.15) is 46.9 Å². The fourth-order valence-corrected chi connectivity index (χ4v) is 5.33. The summed E-state index contributed by atoms with van der Waals surface area (Å²) in [6, 6.07) is 10.2. The molecule has 32 heavy (non-hydrogen) atoms. The zero-order chi connectivity index (χ0) is 23.3. The van der Waals surface area contributed by atoms with Crippen molar-refractivity contribution in [1.82, 2.24) is 4.31 Å². The third-order valence-corrected chi connectivity index (χ3v) is 7.51. The first kappa shape index (κ1) is 23.7.